The van der Waals surface area contributed by atoms with E-state index in [9.17, 15) is 27.9 Å². The lowest BCUT2D eigenvalue weighted by molar-refractivity contribution is -0.122. The molecule has 2 aromatic rings. The third-order valence-electron chi connectivity index (χ3n) is 5.71. The normalized spacial score (nSPS) is 17.5. The van der Waals surface area contributed by atoms with E-state index in [2.05, 4.69) is 5.32 Å². The number of benzene rings is 2. The Balaban J connectivity index is 1.44. The summed E-state index contributed by atoms with van der Waals surface area (Å²) in [5, 5.41) is 12.5. The Morgan fingerprint density at radius 3 is 2.21 bits per heavy atom. The first kappa shape index (κ1) is 22.7. The molecule has 2 aliphatic rings. The molecule has 2 N–H and O–H groups in total. The zero-order valence-electron chi connectivity index (χ0n) is 17.8. The maximum atomic E-state index is 13.0. The predicted molar refractivity (Wildman–Crippen MR) is 118 cm³/mol. The number of hydrogen-bond donors (Lipinski definition) is 2. The lowest BCUT2D eigenvalue weighted by Gasteiger charge is -2.35. The van der Waals surface area contributed by atoms with Crippen molar-refractivity contribution < 1.29 is 27.9 Å². The van der Waals surface area contributed by atoms with E-state index >= 15 is 0 Å². The number of phenolic OH excluding ortho intramolecular Hbond substituents is 1. The fourth-order valence-electron chi connectivity index (χ4n) is 3.88. The van der Waals surface area contributed by atoms with Crippen molar-refractivity contribution in [2.24, 2.45) is 0 Å². The summed E-state index contributed by atoms with van der Waals surface area (Å²) in [7, 11) is -3.91. The number of nitrogens with one attached hydrogen (secondary N) is 1. The average molecular weight is 473 g/mol. The van der Waals surface area contributed by atoms with E-state index in [1.165, 1.54) is 24.3 Å². The fraction of sp³-hybridized carbons (Fsp3) is 0.318. The number of nitrogens with zero attached hydrogens (tertiary/aromatic N) is 3. The Morgan fingerprint density at radius 1 is 0.879 bits per heavy atom. The van der Waals surface area contributed by atoms with Crippen molar-refractivity contribution in [3.05, 3.63) is 59.7 Å². The van der Waals surface area contributed by atoms with Crippen molar-refractivity contribution in [3.8, 4) is 5.75 Å². The van der Waals surface area contributed by atoms with Gasteiger partial charge >= 0.3 is 0 Å². The van der Waals surface area contributed by atoms with Crippen LogP contribution in [-0.2, 0) is 14.8 Å². The van der Waals surface area contributed by atoms with Crippen molar-refractivity contribution >= 4 is 27.7 Å². The SMILES string of the molecule is O=C1CN(S(=O)(=O)c2cccc(C(=O)N3CCN(C(=O)c4ccccc4O)CC3)c2)CCN1. The minimum Gasteiger partial charge on any atom is -0.507 e. The van der Waals surface area contributed by atoms with Crippen LogP contribution in [0.4, 0.5) is 0 Å². The number of hydrogen-bond acceptors (Lipinski definition) is 6. The Hall–Kier alpha value is -3.44. The third-order valence-corrected chi connectivity index (χ3v) is 7.55. The summed E-state index contributed by atoms with van der Waals surface area (Å²) in [6.07, 6.45) is 0. The smallest absolute Gasteiger partial charge is 0.257 e. The molecule has 2 fully saturated rings. The first-order valence-electron chi connectivity index (χ1n) is 10.5. The van der Waals surface area contributed by atoms with Gasteiger partial charge in [0.05, 0.1) is 17.0 Å². The van der Waals surface area contributed by atoms with Gasteiger partial charge in [0.2, 0.25) is 15.9 Å². The summed E-state index contributed by atoms with van der Waals surface area (Å²) in [6, 6.07) is 12.1. The maximum absolute atomic E-state index is 13.0. The lowest BCUT2D eigenvalue weighted by Crippen LogP contribution is -2.50. The zero-order chi connectivity index (χ0) is 23.6. The van der Waals surface area contributed by atoms with Crippen LogP contribution in [-0.4, -0.2) is 91.2 Å². The molecule has 2 saturated heterocycles. The van der Waals surface area contributed by atoms with E-state index in [4.69, 9.17) is 0 Å². The van der Waals surface area contributed by atoms with Crippen LogP contribution in [0.1, 0.15) is 20.7 Å². The number of carbonyl (C=O) groups excluding carboxylic acids is 3. The molecule has 0 bridgehead atoms. The zero-order valence-corrected chi connectivity index (χ0v) is 18.6. The van der Waals surface area contributed by atoms with E-state index in [0.717, 1.165) is 4.31 Å². The highest BCUT2D eigenvalue weighted by molar-refractivity contribution is 7.89. The van der Waals surface area contributed by atoms with Gasteiger partial charge in [0, 0.05) is 44.8 Å². The van der Waals surface area contributed by atoms with Crippen molar-refractivity contribution in [2.45, 2.75) is 4.90 Å². The van der Waals surface area contributed by atoms with E-state index in [0.29, 0.717) is 13.1 Å². The number of rotatable bonds is 4. The van der Waals surface area contributed by atoms with Gasteiger partial charge in [-0.05, 0) is 30.3 Å². The van der Waals surface area contributed by atoms with Gasteiger partial charge in [-0.15, -0.1) is 0 Å². The van der Waals surface area contributed by atoms with Gasteiger partial charge in [-0.1, -0.05) is 18.2 Å². The molecule has 0 spiro atoms. The minimum atomic E-state index is -3.91. The van der Waals surface area contributed by atoms with Crippen molar-refractivity contribution in [1.82, 2.24) is 19.4 Å². The largest absolute Gasteiger partial charge is 0.507 e. The highest BCUT2D eigenvalue weighted by atomic mass is 32.2. The summed E-state index contributed by atoms with van der Waals surface area (Å²) in [5.74, 6) is -1.10. The van der Waals surface area contributed by atoms with Crippen LogP contribution in [0.3, 0.4) is 0 Å². The summed E-state index contributed by atoms with van der Waals surface area (Å²) in [5.41, 5.74) is 0.430. The number of amides is 3. The van der Waals surface area contributed by atoms with Gasteiger partial charge in [-0.2, -0.15) is 4.31 Å². The van der Waals surface area contributed by atoms with Crippen molar-refractivity contribution in [3.63, 3.8) is 0 Å². The molecule has 0 radical (unpaired) electrons. The lowest BCUT2D eigenvalue weighted by atomic mass is 10.1. The standard InChI is InChI=1S/C22H24N4O6S/c27-19-7-2-1-6-18(19)22(30)25-12-10-24(11-13-25)21(29)16-4-3-5-17(14-16)33(31,32)26-9-8-23-20(28)15-26/h1-7,14,27H,8-13,15H2,(H,23,28). The molecule has 0 unspecified atom stereocenters. The minimum absolute atomic E-state index is 0.0450. The molecule has 0 aromatic heterocycles. The van der Waals surface area contributed by atoms with Crippen LogP contribution in [0.5, 0.6) is 5.75 Å². The molecule has 2 aliphatic heterocycles. The Morgan fingerprint density at radius 2 is 1.55 bits per heavy atom. The number of para-hydroxylation sites is 1. The van der Waals surface area contributed by atoms with Gasteiger partial charge in [-0.25, -0.2) is 8.42 Å². The molecule has 33 heavy (non-hydrogen) atoms. The molecule has 10 nitrogen and oxygen atoms in total. The van der Waals surface area contributed by atoms with Crippen LogP contribution in [0.2, 0.25) is 0 Å². The molecule has 3 amide bonds. The molecule has 0 aliphatic carbocycles. The predicted octanol–water partition coefficient (Wildman–Crippen LogP) is 0.111. The van der Waals surface area contributed by atoms with E-state index in [1.807, 2.05) is 0 Å². The van der Waals surface area contributed by atoms with E-state index in [-0.39, 0.29) is 72.2 Å². The summed E-state index contributed by atoms with van der Waals surface area (Å²) >= 11 is 0. The van der Waals surface area contributed by atoms with E-state index in [1.54, 1.807) is 34.1 Å². The first-order valence-corrected chi connectivity index (χ1v) is 11.9. The second-order valence-corrected chi connectivity index (χ2v) is 9.76. The second-order valence-electron chi connectivity index (χ2n) is 7.82. The van der Waals surface area contributed by atoms with Crippen LogP contribution in [0, 0.1) is 0 Å². The highest BCUT2D eigenvalue weighted by Crippen LogP contribution is 2.21. The monoisotopic (exact) mass is 472 g/mol. The quantitative estimate of drug-likeness (QED) is 0.650. The topological polar surface area (TPSA) is 127 Å². The summed E-state index contributed by atoms with van der Waals surface area (Å²) in [6.45, 7) is 1.29. The molecule has 0 saturated carbocycles. The molecule has 174 valence electrons. The maximum Gasteiger partial charge on any atom is 0.257 e. The summed E-state index contributed by atoms with van der Waals surface area (Å²) < 4.78 is 26.9. The molecular formula is C22H24N4O6S. The molecular weight excluding hydrogens is 448 g/mol. The highest BCUT2D eigenvalue weighted by Gasteiger charge is 2.31. The first-order chi connectivity index (χ1) is 15.8. The van der Waals surface area contributed by atoms with Gasteiger partial charge in [-0.3, -0.25) is 14.4 Å². The Kier molecular flexibility index (Phi) is 6.34. The number of aromatic hydroxyl groups is 1. The van der Waals surface area contributed by atoms with E-state index < -0.39 is 10.0 Å². The second kappa shape index (κ2) is 9.20. The number of sulfonamides is 1. The fourth-order valence-corrected chi connectivity index (χ4v) is 5.32. The van der Waals surface area contributed by atoms with Crippen molar-refractivity contribution in [2.75, 3.05) is 45.8 Å². The molecule has 2 heterocycles. The van der Waals surface area contributed by atoms with Crippen LogP contribution >= 0.6 is 0 Å². The molecule has 11 heteroatoms. The van der Waals surface area contributed by atoms with Gasteiger partial charge in [0.15, 0.2) is 0 Å². The molecule has 2 aromatic carbocycles. The average Bonchev–Trinajstić information content (AvgIpc) is 2.83. The number of carbonyl (C=O) groups is 3. The molecule has 4 rings (SSSR count). The van der Waals surface area contributed by atoms with Gasteiger partial charge < -0.3 is 20.2 Å². The van der Waals surface area contributed by atoms with Crippen LogP contribution < -0.4 is 5.32 Å². The van der Waals surface area contributed by atoms with Gasteiger partial charge in [0.25, 0.3) is 11.8 Å². The summed E-state index contributed by atoms with van der Waals surface area (Å²) in [4.78, 5) is 40.4. The van der Waals surface area contributed by atoms with Crippen molar-refractivity contribution in [1.29, 1.82) is 0 Å². The van der Waals surface area contributed by atoms with Gasteiger partial charge in [0.1, 0.15) is 5.75 Å². The Labute approximate surface area is 191 Å². The number of piperazine rings is 2. The molecule has 0 atom stereocenters. The number of phenols is 1. The third kappa shape index (κ3) is 4.69. The van der Waals surface area contributed by atoms with Crippen LogP contribution in [0.15, 0.2) is 53.4 Å². The van der Waals surface area contributed by atoms with Crippen LogP contribution in [0.25, 0.3) is 0 Å². The Bertz CT molecular complexity index is 1190.